The third kappa shape index (κ3) is 4.49. The Hall–Kier alpha value is -1.68. The van der Waals surface area contributed by atoms with Crippen LogP contribution in [-0.2, 0) is 9.84 Å². The Kier molecular flexibility index (Phi) is 4.76. The van der Waals surface area contributed by atoms with E-state index in [1.54, 1.807) is 0 Å². The van der Waals surface area contributed by atoms with E-state index in [1.165, 1.54) is 17.4 Å². The second-order valence-electron chi connectivity index (χ2n) is 6.26. The highest BCUT2D eigenvalue weighted by molar-refractivity contribution is 7.90. The number of anilines is 1. The monoisotopic (exact) mass is 388 g/mol. The molecule has 0 bridgehead atoms. The highest BCUT2D eigenvalue weighted by atomic mass is 32.2. The summed E-state index contributed by atoms with van der Waals surface area (Å²) in [4.78, 5) is 12.7. The van der Waals surface area contributed by atoms with E-state index in [2.05, 4.69) is 20.3 Å². The minimum atomic E-state index is -3.54. The fourth-order valence-corrected chi connectivity index (χ4v) is 3.94. The van der Waals surface area contributed by atoms with Gasteiger partial charge >= 0.3 is 0 Å². The summed E-state index contributed by atoms with van der Waals surface area (Å²) in [7, 11) is -3.54. The molecule has 10 heteroatoms. The molecule has 0 saturated heterocycles. The van der Waals surface area contributed by atoms with Crippen LogP contribution in [0.25, 0.3) is 10.8 Å². The van der Waals surface area contributed by atoms with Gasteiger partial charge in [0.15, 0.2) is 25.7 Å². The molecule has 0 radical (unpaired) electrons. The van der Waals surface area contributed by atoms with Gasteiger partial charge in [0, 0.05) is 42.3 Å². The van der Waals surface area contributed by atoms with Gasteiger partial charge in [0.25, 0.3) is 0 Å². The Morgan fingerprint density at radius 2 is 1.92 bits per heavy atom. The SMILES string of the molecule is Cc1csc(-c2nc(NC3CCC(F)(F)CC3)cc(S(C)(=O)=O)n2)n1. The van der Waals surface area contributed by atoms with E-state index in [1.807, 2.05) is 12.3 Å². The number of nitrogens with zero attached hydrogens (tertiary/aromatic N) is 3. The largest absolute Gasteiger partial charge is 0.367 e. The number of hydrogen-bond acceptors (Lipinski definition) is 7. The molecule has 0 atom stereocenters. The Labute approximate surface area is 148 Å². The van der Waals surface area contributed by atoms with Crippen LogP contribution in [0.2, 0.25) is 0 Å². The number of aryl methyl sites for hydroxylation is 1. The Morgan fingerprint density at radius 1 is 1.24 bits per heavy atom. The van der Waals surface area contributed by atoms with Crippen LogP contribution in [0.3, 0.4) is 0 Å². The summed E-state index contributed by atoms with van der Waals surface area (Å²) in [5, 5.41) is 5.30. The standard InChI is InChI=1S/C15H18F2N4O2S2/c1-9-8-24-14(18-9)13-20-11(7-12(21-13)25(2,22)23)19-10-3-5-15(16,17)6-4-10/h7-8,10H,3-6H2,1-2H3,(H,19,20,21). The predicted molar refractivity (Wildman–Crippen MR) is 91.8 cm³/mol. The molecule has 0 aromatic carbocycles. The normalized spacial score (nSPS) is 18.2. The van der Waals surface area contributed by atoms with Crippen LogP contribution >= 0.6 is 11.3 Å². The molecular weight excluding hydrogens is 370 g/mol. The lowest BCUT2D eigenvalue weighted by Crippen LogP contribution is -2.32. The molecule has 0 unspecified atom stereocenters. The number of alkyl halides is 2. The van der Waals surface area contributed by atoms with E-state index >= 15 is 0 Å². The van der Waals surface area contributed by atoms with Crippen LogP contribution in [0, 0.1) is 6.92 Å². The van der Waals surface area contributed by atoms with Crippen molar-refractivity contribution in [1.82, 2.24) is 15.0 Å². The number of halogens is 2. The highest BCUT2D eigenvalue weighted by Crippen LogP contribution is 2.34. The number of thiazole rings is 1. The molecule has 1 N–H and O–H groups in total. The van der Waals surface area contributed by atoms with Crippen LogP contribution in [0.15, 0.2) is 16.5 Å². The van der Waals surface area contributed by atoms with Crippen LogP contribution in [0.5, 0.6) is 0 Å². The van der Waals surface area contributed by atoms with E-state index in [9.17, 15) is 17.2 Å². The van der Waals surface area contributed by atoms with Crippen molar-refractivity contribution in [2.75, 3.05) is 11.6 Å². The first-order valence-corrected chi connectivity index (χ1v) is 10.6. The highest BCUT2D eigenvalue weighted by Gasteiger charge is 2.35. The maximum absolute atomic E-state index is 13.3. The number of sulfone groups is 1. The van der Waals surface area contributed by atoms with Crippen LogP contribution < -0.4 is 5.32 Å². The number of hydrogen-bond donors (Lipinski definition) is 1. The van der Waals surface area contributed by atoms with Crippen molar-refractivity contribution in [2.45, 2.75) is 49.6 Å². The number of rotatable bonds is 4. The van der Waals surface area contributed by atoms with E-state index < -0.39 is 15.8 Å². The zero-order valence-corrected chi connectivity index (χ0v) is 15.4. The molecule has 3 rings (SSSR count). The van der Waals surface area contributed by atoms with E-state index in [-0.39, 0.29) is 29.7 Å². The van der Waals surface area contributed by atoms with Crippen molar-refractivity contribution in [3.05, 3.63) is 17.1 Å². The van der Waals surface area contributed by atoms with Gasteiger partial charge in [0.05, 0.1) is 0 Å². The van der Waals surface area contributed by atoms with Gasteiger partial charge in [-0.25, -0.2) is 32.2 Å². The Balaban J connectivity index is 1.90. The molecule has 2 aromatic rings. The molecule has 0 amide bonds. The van der Waals surface area contributed by atoms with Gasteiger partial charge in [0.2, 0.25) is 5.92 Å². The van der Waals surface area contributed by atoms with Gasteiger partial charge in [-0.1, -0.05) is 0 Å². The van der Waals surface area contributed by atoms with Crippen molar-refractivity contribution in [3.8, 4) is 10.8 Å². The molecule has 1 saturated carbocycles. The average molecular weight is 388 g/mol. The van der Waals surface area contributed by atoms with Gasteiger partial charge in [-0.3, -0.25) is 0 Å². The molecule has 0 aliphatic heterocycles. The molecule has 25 heavy (non-hydrogen) atoms. The van der Waals surface area contributed by atoms with Gasteiger partial charge in [0.1, 0.15) is 5.82 Å². The lowest BCUT2D eigenvalue weighted by molar-refractivity contribution is -0.0361. The fraction of sp³-hybridized carbons (Fsp3) is 0.533. The predicted octanol–water partition coefficient (Wildman–Crippen LogP) is 3.30. The van der Waals surface area contributed by atoms with Crippen LogP contribution in [-0.4, -0.2) is 41.6 Å². The number of aromatic nitrogens is 3. The summed E-state index contributed by atoms with van der Waals surface area (Å²) >= 11 is 1.32. The van der Waals surface area contributed by atoms with Gasteiger partial charge in [-0.2, -0.15) is 0 Å². The van der Waals surface area contributed by atoms with Crippen molar-refractivity contribution >= 4 is 27.0 Å². The van der Waals surface area contributed by atoms with Gasteiger partial charge in [-0.05, 0) is 19.8 Å². The van der Waals surface area contributed by atoms with E-state index in [4.69, 9.17) is 0 Å². The first kappa shape index (κ1) is 18.1. The molecule has 2 aromatic heterocycles. The average Bonchev–Trinajstić information content (AvgIpc) is 2.95. The second-order valence-corrected chi connectivity index (χ2v) is 9.08. The summed E-state index contributed by atoms with van der Waals surface area (Å²) in [5.74, 6) is -2.09. The minimum absolute atomic E-state index is 0.117. The topological polar surface area (TPSA) is 84.8 Å². The first-order valence-electron chi connectivity index (χ1n) is 7.78. The summed E-state index contributed by atoms with van der Waals surface area (Å²) in [6, 6.07) is 1.17. The van der Waals surface area contributed by atoms with E-state index in [0.29, 0.717) is 23.7 Å². The third-order valence-electron chi connectivity index (χ3n) is 3.96. The molecule has 0 spiro atoms. The maximum Gasteiger partial charge on any atom is 0.248 e. The maximum atomic E-state index is 13.3. The molecule has 1 aliphatic rings. The lowest BCUT2D eigenvalue weighted by atomic mass is 9.92. The first-order chi connectivity index (χ1) is 11.6. The van der Waals surface area contributed by atoms with Crippen LogP contribution in [0.4, 0.5) is 14.6 Å². The molecule has 1 aliphatic carbocycles. The molecule has 6 nitrogen and oxygen atoms in total. The zero-order chi connectivity index (χ0) is 18.2. The lowest BCUT2D eigenvalue weighted by Gasteiger charge is -2.29. The smallest absolute Gasteiger partial charge is 0.248 e. The van der Waals surface area contributed by atoms with Crippen molar-refractivity contribution in [1.29, 1.82) is 0 Å². The Morgan fingerprint density at radius 3 is 2.48 bits per heavy atom. The quantitative estimate of drug-likeness (QED) is 0.809. The van der Waals surface area contributed by atoms with Crippen LogP contribution in [0.1, 0.15) is 31.4 Å². The van der Waals surface area contributed by atoms with Gasteiger partial charge < -0.3 is 5.32 Å². The second kappa shape index (κ2) is 6.56. The fourth-order valence-electron chi connectivity index (χ4n) is 2.63. The molecule has 1 fully saturated rings. The molecule has 2 heterocycles. The zero-order valence-electron chi connectivity index (χ0n) is 13.8. The molecular formula is C15H18F2N4O2S2. The van der Waals surface area contributed by atoms with Crippen molar-refractivity contribution in [2.24, 2.45) is 0 Å². The summed E-state index contributed by atoms with van der Waals surface area (Å²) in [5.41, 5.74) is 0.789. The number of nitrogens with one attached hydrogen (secondary N) is 1. The van der Waals surface area contributed by atoms with Crippen molar-refractivity contribution in [3.63, 3.8) is 0 Å². The van der Waals surface area contributed by atoms with E-state index in [0.717, 1.165) is 11.9 Å². The molecule has 136 valence electrons. The minimum Gasteiger partial charge on any atom is -0.367 e. The summed E-state index contributed by atoms with van der Waals surface area (Å²) in [6.07, 6.45) is 1.30. The Bertz CT molecular complexity index is 873. The third-order valence-corrected chi connectivity index (χ3v) is 5.89. The van der Waals surface area contributed by atoms with Gasteiger partial charge in [-0.15, -0.1) is 11.3 Å². The summed E-state index contributed by atoms with van der Waals surface area (Å²) < 4.78 is 50.4. The summed E-state index contributed by atoms with van der Waals surface area (Å²) in [6.45, 7) is 1.82. The van der Waals surface area contributed by atoms with Crippen molar-refractivity contribution < 1.29 is 17.2 Å².